The van der Waals surface area contributed by atoms with Crippen molar-refractivity contribution < 1.29 is 9.53 Å². The summed E-state index contributed by atoms with van der Waals surface area (Å²) in [5.74, 6) is 0.717. The first kappa shape index (κ1) is 17.9. The molecule has 6 nitrogen and oxygen atoms in total. The summed E-state index contributed by atoms with van der Waals surface area (Å²) in [4.78, 5) is 11.1. The number of carbonyl (C=O) groups excluding carboxylic acids is 1. The molecule has 20 heavy (non-hydrogen) atoms. The molecule has 2 heterocycles. The van der Waals surface area contributed by atoms with Crippen molar-refractivity contribution in [2.75, 3.05) is 6.61 Å². The van der Waals surface area contributed by atoms with Gasteiger partial charge in [0.25, 0.3) is 0 Å². The summed E-state index contributed by atoms with van der Waals surface area (Å²) in [6, 6.07) is 3.18. The summed E-state index contributed by atoms with van der Waals surface area (Å²) in [6.45, 7) is 12.2. The summed E-state index contributed by atoms with van der Waals surface area (Å²) in [5.41, 5.74) is 6.14. The van der Waals surface area contributed by atoms with Gasteiger partial charge in [-0.25, -0.2) is 4.40 Å². The van der Waals surface area contributed by atoms with E-state index in [2.05, 4.69) is 10.2 Å². The number of primary amides is 1. The number of aromatic nitrogens is 3. The number of ether oxygens (including phenoxy) is 1. The molecule has 0 aromatic carbocycles. The molecule has 6 heteroatoms. The van der Waals surface area contributed by atoms with Gasteiger partial charge in [0.1, 0.15) is 5.82 Å². The standard InChI is InChI=1S/C10H12N4O2.2C2H6/c1-3-16-9-5-7(10(11)15)4-8-13-12-6(2)14(8)9;2*1-2/h4-5H,3H2,1-2H3,(H2,11,15);2*1-2H3. The van der Waals surface area contributed by atoms with Gasteiger partial charge in [-0.3, -0.25) is 4.79 Å². The number of hydrogen-bond donors (Lipinski definition) is 1. The third-order valence-electron chi connectivity index (χ3n) is 2.21. The zero-order valence-electron chi connectivity index (χ0n) is 13.1. The second kappa shape index (κ2) is 8.90. The molecule has 2 aromatic heterocycles. The topological polar surface area (TPSA) is 82.5 Å². The molecule has 0 atom stereocenters. The van der Waals surface area contributed by atoms with Crippen molar-refractivity contribution in [2.24, 2.45) is 5.73 Å². The summed E-state index contributed by atoms with van der Waals surface area (Å²) in [6.07, 6.45) is 0. The predicted molar refractivity (Wildman–Crippen MR) is 80.1 cm³/mol. The van der Waals surface area contributed by atoms with Gasteiger partial charge in [0.15, 0.2) is 5.65 Å². The number of carbonyl (C=O) groups is 1. The first-order valence-electron chi connectivity index (χ1n) is 6.92. The lowest BCUT2D eigenvalue weighted by atomic mass is 10.2. The molecule has 2 N–H and O–H groups in total. The van der Waals surface area contributed by atoms with Crippen molar-refractivity contribution in [1.82, 2.24) is 14.6 Å². The molecule has 0 aliphatic carbocycles. The van der Waals surface area contributed by atoms with Crippen molar-refractivity contribution in [3.63, 3.8) is 0 Å². The van der Waals surface area contributed by atoms with Gasteiger partial charge in [0.2, 0.25) is 11.8 Å². The minimum Gasteiger partial charge on any atom is -0.479 e. The van der Waals surface area contributed by atoms with Gasteiger partial charge in [-0.1, -0.05) is 27.7 Å². The van der Waals surface area contributed by atoms with Gasteiger partial charge in [-0.05, 0) is 19.9 Å². The molecule has 0 aliphatic heterocycles. The molecule has 0 radical (unpaired) electrons. The van der Waals surface area contributed by atoms with Gasteiger partial charge in [-0.2, -0.15) is 0 Å². The molecule has 2 aromatic rings. The van der Waals surface area contributed by atoms with Crippen LogP contribution in [-0.4, -0.2) is 27.1 Å². The Morgan fingerprint density at radius 3 is 2.35 bits per heavy atom. The van der Waals surface area contributed by atoms with Crippen LogP contribution in [0.15, 0.2) is 12.1 Å². The van der Waals surface area contributed by atoms with E-state index in [1.807, 2.05) is 41.5 Å². The first-order chi connectivity index (χ1) is 9.63. The molecule has 0 unspecified atom stereocenters. The number of rotatable bonds is 3. The van der Waals surface area contributed by atoms with Crippen molar-refractivity contribution in [1.29, 1.82) is 0 Å². The largest absolute Gasteiger partial charge is 0.479 e. The summed E-state index contributed by atoms with van der Waals surface area (Å²) in [5, 5.41) is 7.85. The molecule has 2 rings (SSSR count). The second-order valence-electron chi connectivity index (χ2n) is 3.32. The molecule has 0 bridgehead atoms. The first-order valence-corrected chi connectivity index (χ1v) is 6.92. The van der Waals surface area contributed by atoms with Gasteiger partial charge in [-0.15, -0.1) is 10.2 Å². The Bertz CT molecular complexity index is 549. The fourth-order valence-corrected chi connectivity index (χ4v) is 1.52. The number of fused-ring (bicyclic) bond motifs is 1. The van der Waals surface area contributed by atoms with Crippen LogP contribution in [0, 0.1) is 6.92 Å². The van der Waals surface area contributed by atoms with Crippen LogP contribution in [-0.2, 0) is 0 Å². The van der Waals surface area contributed by atoms with Crippen LogP contribution in [0.5, 0.6) is 5.88 Å². The maximum atomic E-state index is 11.1. The quantitative estimate of drug-likeness (QED) is 0.936. The molecule has 0 fully saturated rings. The number of hydrogen-bond acceptors (Lipinski definition) is 4. The lowest BCUT2D eigenvalue weighted by Crippen LogP contribution is -2.12. The van der Waals surface area contributed by atoms with Crippen molar-refractivity contribution in [2.45, 2.75) is 41.5 Å². The van der Waals surface area contributed by atoms with Crippen LogP contribution in [0.25, 0.3) is 5.65 Å². The van der Waals surface area contributed by atoms with E-state index in [4.69, 9.17) is 10.5 Å². The highest BCUT2D eigenvalue weighted by atomic mass is 16.5. The van der Waals surface area contributed by atoms with Crippen LogP contribution < -0.4 is 10.5 Å². The SMILES string of the molecule is CC.CC.CCOc1cc(C(N)=O)cc2nnc(C)n12. The number of aryl methyl sites for hydroxylation is 1. The average Bonchev–Trinajstić information content (AvgIpc) is 2.85. The summed E-state index contributed by atoms with van der Waals surface area (Å²) in [7, 11) is 0. The van der Waals surface area contributed by atoms with Crippen molar-refractivity contribution in [3.8, 4) is 5.88 Å². The number of pyridine rings is 1. The van der Waals surface area contributed by atoms with E-state index in [1.54, 1.807) is 16.5 Å². The average molecular weight is 280 g/mol. The minimum atomic E-state index is -0.510. The Balaban J connectivity index is 0.000000829. The fourth-order valence-electron chi connectivity index (χ4n) is 1.52. The lowest BCUT2D eigenvalue weighted by Gasteiger charge is -2.08. The van der Waals surface area contributed by atoms with E-state index in [1.165, 1.54) is 0 Å². The maximum Gasteiger partial charge on any atom is 0.249 e. The molecule has 0 spiro atoms. The van der Waals surface area contributed by atoms with E-state index in [-0.39, 0.29) is 0 Å². The van der Waals surface area contributed by atoms with Crippen molar-refractivity contribution in [3.05, 3.63) is 23.5 Å². The van der Waals surface area contributed by atoms with Crippen LogP contribution in [0.1, 0.15) is 50.8 Å². The normalized spacial score (nSPS) is 9.10. The van der Waals surface area contributed by atoms with E-state index in [9.17, 15) is 4.79 Å². The lowest BCUT2D eigenvalue weighted by molar-refractivity contribution is 0.0999. The smallest absolute Gasteiger partial charge is 0.249 e. The van der Waals surface area contributed by atoms with Crippen LogP contribution in [0.3, 0.4) is 0 Å². The van der Waals surface area contributed by atoms with Crippen LogP contribution in [0.2, 0.25) is 0 Å². The fraction of sp³-hybridized carbons (Fsp3) is 0.500. The van der Waals surface area contributed by atoms with E-state index < -0.39 is 5.91 Å². The molecule has 0 aliphatic rings. The number of amides is 1. The molecule has 112 valence electrons. The summed E-state index contributed by atoms with van der Waals surface area (Å²) >= 11 is 0. The van der Waals surface area contributed by atoms with Crippen molar-refractivity contribution >= 4 is 11.6 Å². The molecule has 1 amide bonds. The molecule has 0 saturated heterocycles. The van der Waals surface area contributed by atoms with Gasteiger partial charge in [0.05, 0.1) is 6.61 Å². The highest BCUT2D eigenvalue weighted by Crippen LogP contribution is 2.18. The number of nitrogens with zero attached hydrogens (tertiary/aromatic N) is 3. The van der Waals surface area contributed by atoms with Crippen LogP contribution in [0.4, 0.5) is 0 Å². The Morgan fingerprint density at radius 1 is 1.25 bits per heavy atom. The Morgan fingerprint density at radius 2 is 1.85 bits per heavy atom. The molecular formula is C14H24N4O2. The van der Waals surface area contributed by atoms with E-state index >= 15 is 0 Å². The zero-order valence-corrected chi connectivity index (χ0v) is 13.1. The molecule has 0 saturated carbocycles. The third-order valence-corrected chi connectivity index (χ3v) is 2.21. The Kier molecular flexibility index (Phi) is 7.96. The molecular weight excluding hydrogens is 256 g/mol. The second-order valence-corrected chi connectivity index (χ2v) is 3.32. The Hall–Kier alpha value is -2.11. The third kappa shape index (κ3) is 3.94. The highest BCUT2D eigenvalue weighted by molar-refractivity contribution is 5.94. The Labute approximate surface area is 120 Å². The van der Waals surface area contributed by atoms with Gasteiger partial charge < -0.3 is 10.5 Å². The van der Waals surface area contributed by atoms with E-state index in [0.717, 1.165) is 0 Å². The maximum absolute atomic E-state index is 11.1. The summed E-state index contributed by atoms with van der Waals surface area (Å²) < 4.78 is 7.16. The number of nitrogens with two attached hydrogens (primary N) is 1. The van der Waals surface area contributed by atoms with Gasteiger partial charge >= 0.3 is 0 Å². The minimum absolute atomic E-state index is 0.364. The zero-order chi connectivity index (χ0) is 15.7. The highest BCUT2D eigenvalue weighted by Gasteiger charge is 2.11. The predicted octanol–water partition coefficient (Wildman–Crippen LogP) is 2.59. The van der Waals surface area contributed by atoms with Gasteiger partial charge in [0, 0.05) is 11.6 Å². The van der Waals surface area contributed by atoms with Crippen LogP contribution >= 0.6 is 0 Å². The monoisotopic (exact) mass is 280 g/mol. The van der Waals surface area contributed by atoms with E-state index in [0.29, 0.717) is 29.5 Å².